The fourth-order valence-corrected chi connectivity index (χ4v) is 3.27. The molecule has 2 amide bonds. The molecule has 0 unspecified atom stereocenters. The van der Waals surface area contributed by atoms with Gasteiger partial charge in [0.1, 0.15) is 5.82 Å². The van der Waals surface area contributed by atoms with Crippen molar-refractivity contribution >= 4 is 46.5 Å². The molecule has 0 aliphatic rings. The zero-order valence-corrected chi connectivity index (χ0v) is 19.6. The Labute approximate surface area is 207 Å². The summed E-state index contributed by atoms with van der Waals surface area (Å²) in [5.74, 6) is -1.69. The number of anilines is 2. The van der Waals surface area contributed by atoms with Gasteiger partial charge in [-0.2, -0.15) is 0 Å². The van der Waals surface area contributed by atoms with Gasteiger partial charge in [-0.1, -0.05) is 36.4 Å². The van der Waals surface area contributed by atoms with Gasteiger partial charge >= 0.3 is 5.97 Å². The van der Waals surface area contributed by atoms with E-state index in [1.54, 1.807) is 24.3 Å². The number of nitrogens with one attached hydrogen (secondary N) is 3. The number of benzene rings is 3. The first kappa shape index (κ1) is 25.5. The molecular weight excluding hydrogens is 469 g/mol. The van der Waals surface area contributed by atoms with Crippen LogP contribution in [0.4, 0.5) is 15.8 Å². The van der Waals surface area contributed by atoms with Crippen molar-refractivity contribution in [3.8, 4) is 0 Å². The topological polar surface area (TPSA) is 96.5 Å². The molecule has 0 aromatic heterocycles. The van der Waals surface area contributed by atoms with Crippen LogP contribution in [0.25, 0.3) is 0 Å². The van der Waals surface area contributed by atoms with Crippen molar-refractivity contribution in [1.29, 1.82) is 0 Å². The maximum atomic E-state index is 13.0. The van der Waals surface area contributed by atoms with Gasteiger partial charge in [0, 0.05) is 29.8 Å². The molecule has 0 radical (unpaired) electrons. The minimum atomic E-state index is -0.463. The molecule has 0 heterocycles. The molecule has 0 atom stereocenters. The lowest BCUT2D eigenvalue weighted by molar-refractivity contribution is -0.144. The molecule has 3 aromatic carbocycles. The summed E-state index contributed by atoms with van der Waals surface area (Å²) in [6.07, 6.45) is 0.460. The third kappa shape index (κ3) is 8.98. The van der Waals surface area contributed by atoms with Crippen molar-refractivity contribution in [2.45, 2.75) is 19.3 Å². The van der Waals surface area contributed by atoms with Crippen LogP contribution < -0.4 is 16.0 Å². The van der Waals surface area contributed by atoms with Gasteiger partial charge in [-0.05, 0) is 60.2 Å². The molecule has 3 N–H and O–H groups in total. The molecule has 0 spiro atoms. The molecule has 0 aliphatic carbocycles. The number of carbonyl (C=O) groups is 3. The molecule has 0 saturated carbocycles. The van der Waals surface area contributed by atoms with Gasteiger partial charge in [-0.3, -0.25) is 14.4 Å². The number of hydrogen-bond acceptors (Lipinski definition) is 5. The lowest BCUT2D eigenvalue weighted by atomic mass is 10.2. The Bertz CT molecular complexity index is 1190. The Balaban J connectivity index is 1.39. The van der Waals surface area contributed by atoms with E-state index in [4.69, 9.17) is 17.0 Å². The summed E-state index contributed by atoms with van der Waals surface area (Å²) in [6.45, 7) is 0.246. The largest absolute Gasteiger partial charge is 0.465 e. The predicted molar refractivity (Wildman–Crippen MR) is 135 cm³/mol. The van der Waals surface area contributed by atoms with Gasteiger partial charge in [0.2, 0.25) is 5.91 Å². The van der Waals surface area contributed by atoms with Crippen molar-refractivity contribution in [3.05, 3.63) is 95.8 Å². The highest BCUT2D eigenvalue weighted by Crippen LogP contribution is 2.14. The highest BCUT2D eigenvalue weighted by Gasteiger charge is 2.11. The third-order valence-corrected chi connectivity index (χ3v) is 4.99. The van der Waals surface area contributed by atoms with Crippen LogP contribution in [-0.2, 0) is 20.7 Å². The van der Waals surface area contributed by atoms with Crippen molar-refractivity contribution in [1.82, 2.24) is 5.32 Å². The zero-order chi connectivity index (χ0) is 25.0. The molecule has 3 rings (SSSR count). The molecule has 7 nitrogen and oxygen atoms in total. The summed E-state index contributed by atoms with van der Waals surface area (Å²) in [7, 11) is 0. The minimum Gasteiger partial charge on any atom is -0.465 e. The van der Waals surface area contributed by atoms with Crippen molar-refractivity contribution < 1.29 is 23.5 Å². The Morgan fingerprint density at radius 3 is 2.31 bits per heavy atom. The second kappa shape index (κ2) is 13.0. The van der Waals surface area contributed by atoms with E-state index in [1.165, 1.54) is 24.3 Å². The number of carbonyl (C=O) groups excluding carboxylic acids is 3. The van der Waals surface area contributed by atoms with E-state index < -0.39 is 17.7 Å². The third-order valence-electron chi connectivity index (χ3n) is 4.79. The fraction of sp³-hybridized carbons (Fsp3) is 0.154. The summed E-state index contributed by atoms with van der Waals surface area (Å²) in [5.41, 5.74) is 2.34. The van der Waals surface area contributed by atoms with E-state index in [2.05, 4.69) is 16.0 Å². The molecule has 0 aliphatic heterocycles. The van der Waals surface area contributed by atoms with E-state index in [-0.39, 0.29) is 30.5 Å². The summed E-state index contributed by atoms with van der Waals surface area (Å²) >= 11 is 5.15. The van der Waals surface area contributed by atoms with Crippen LogP contribution in [0.1, 0.15) is 28.8 Å². The normalized spacial score (nSPS) is 10.2. The first-order valence-electron chi connectivity index (χ1n) is 10.9. The molecule has 9 heteroatoms. The number of rotatable bonds is 9. The predicted octanol–water partition coefficient (Wildman–Crippen LogP) is 4.46. The number of ether oxygens (including phenoxy) is 1. The maximum Gasteiger partial charge on any atom is 0.306 e. The number of hydrogen-bond donors (Lipinski definition) is 3. The van der Waals surface area contributed by atoms with Crippen LogP contribution in [0.15, 0.2) is 78.9 Å². The Morgan fingerprint density at radius 1 is 0.829 bits per heavy atom. The number of esters is 1. The molecular formula is C26H24FN3O4S. The van der Waals surface area contributed by atoms with Crippen LogP contribution in [0.3, 0.4) is 0 Å². The summed E-state index contributed by atoms with van der Waals surface area (Å²) in [5, 5.41) is 8.03. The molecule has 180 valence electrons. The van der Waals surface area contributed by atoms with E-state index in [9.17, 15) is 18.8 Å². The van der Waals surface area contributed by atoms with Gasteiger partial charge in [-0.25, -0.2) is 4.39 Å². The lowest BCUT2D eigenvalue weighted by Crippen LogP contribution is -2.34. The van der Waals surface area contributed by atoms with Gasteiger partial charge in [0.15, 0.2) is 5.11 Å². The molecule has 0 bridgehead atoms. The van der Waals surface area contributed by atoms with Crippen molar-refractivity contribution in [2.75, 3.05) is 17.2 Å². The van der Waals surface area contributed by atoms with E-state index in [1.807, 2.05) is 30.3 Å². The monoisotopic (exact) mass is 493 g/mol. The first-order valence-corrected chi connectivity index (χ1v) is 11.3. The van der Waals surface area contributed by atoms with Crippen LogP contribution >= 0.6 is 12.2 Å². The Morgan fingerprint density at radius 2 is 1.57 bits per heavy atom. The average molecular weight is 494 g/mol. The quantitative estimate of drug-likeness (QED) is 0.301. The van der Waals surface area contributed by atoms with E-state index in [0.29, 0.717) is 23.4 Å². The highest BCUT2D eigenvalue weighted by atomic mass is 32.1. The molecule has 0 saturated heterocycles. The molecule has 3 aromatic rings. The highest BCUT2D eigenvalue weighted by molar-refractivity contribution is 7.80. The van der Waals surface area contributed by atoms with Gasteiger partial charge < -0.3 is 20.7 Å². The number of thiocarbonyl (C=S) groups is 1. The second-order valence-electron chi connectivity index (χ2n) is 7.50. The summed E-state index contributed by atoms with van der Waals surface area (Å²) in [6, 6.07) is 21.5. The van der Waals surface area contributed by atoms with Gasteiger partial charge in [0.05, 0.1) is 13.0 Å². The second-order valence-corrected chi connectivity index (χ2v) is 7.91. The summed E-state index contributed by atoms with van der Waals surface area (Å²) < 4.78 is 18.2. The van der Waals surface area contributed by atoms with Crippen LogP contribution in [0, 0.1) is 5.82 Å². The van der Waals surface area contributed by atoms with Crippen molar-refractivity contribution in [3.63, 3.8) is 0 Å². The van der Waals surface area contributed by atoms with Gasteiger partial charge in [-0.15, -0.1) is 0 Å². The van der Waals surface area contributed by atoms with Gasteiger partial charge in [0.25, 0.3) is 5.91 Å². The van der Waals surface area contributed by atoms with Crippen molar-refractivity contribution in [2.24, 2.45) is 0 Å². The molecule has 0 fully saturated rings. The average Bonchev–Trinajstić information content (AvgIpc) is 2.85. The van der Waals surface area contributed by atoms with Crippen LogP contribution in [0.5, 0.6) is 0 Å². The Hall–Kier alpha value is -4.11. The lowest BCUT2D eigenvalue weighted by Gasteiger charge is -2.11. The summed E-state index contributed by atoms with van der Waals surface area (Å²) in [4.78, 5) is 36.4. The number of amides is 2. The van der Waals surface area contributed by atoms with Crippen LogP contribution in [0.2, 0.25) is 0 Å². The van der Waals surface area contributed by atoms with E-state index >= 15 is 0 Å². The maximum absolute atomic E-state index is 13.0. The Kier molecular flexibility index (Phi) is 9.44. The SMILES string of the molecule is O=C(CCC(=O)OCCc1ccccc1)NC(=S)Nc1cccc(C(=O)Nc2ccc(F)cc2)c1. The first-order chi connectivity index (χ1) is 16.9. The van der Waals surface area contributed by atoms with Crippen LogP contribution in [-0.4, -0.2) is 29.5 Å². The molecule has 35 heavy (non-hydrogen) atoms. The number of halogens is 1. The smallest absolute Gasteiger partial charge is 0.306 e. The minimum absolute atomic E-state index is 0.0311. The fourth-order valence-electron chi connectivity index (χ4n) is 3.04. The zero-order valence-electron chi connectivity index (χ0n) is 18.8. The van der Waals surface area contributed by atoms with E-state index in [0.717, 1.165) is 5.56 Å². The standard InChI is InChI=1S/C26H24FN3O4S/c27-20-9-11-21(12-10-20)28-25(33)19-7-4-8-22(17-19)29-26(35)30-23(31)13-14-24(32)34-16-15-18-5-2-1-3-6-18/h1-12,17H,13-16H2,(H,28,33)(H2,29,30,31,35).